The van der Waals surface area contributed by atoms with Gasteiger partial charge in [-0.3, -0.25) is 4.84 Å². The maximum absolute atomic E-state index is 8.62. The van der Waals surface area contributed by atoms with Gasteiger partial charge in [0.1, 0.15) is 6.23 Å². The minimum Gasteiger partial charge on any atom is -0.394 e. The lowest BCUT2D eigenvalue weighted by Crippen LogP contribution is -2.35. The molecule has 0 aromatic carbocycles. The molecular weight excluding hydrogens is 266 g/mol. The molecule has 15 heavy (non-hydrogen) atoms. The first kappa shape index (κ1) is 17.7. The van der Waals surface area contributed by atoms with Crippen LogP contribution in [0.2, 0.25) is 0 Å². The molecule has 94 valence electrons. The van der Waals surface area contributed by atoms with Crippen molar-refractivity contribution in [3.8, 4) is 0 Å². The molecule has 0 bridgehead atoms. The van der Waals surface area contributed by atoms with Gasteiger partial charge in [0.15, 0.2) is 0 Å². The Kier molecular flexibility index (Phi) is 14.5. The third-order valence-corrected chi connectivity index (χ3v) is 1.73. The summed E-state index contributed by atoms with van der Waals surface area (Å²) in [6.45, 7) is 2.61. The first-order chi connectivity index (χ1) is 6.76. The first-order valence-corrected chi connectivity index (χ1v) is 4.95. The summed E-state index contributed by atoms with van der Waals surface area (Å²) >= 11 is 0. The summed E-state index contributed by atoms with van der Waals surface area (Å²) in [7, 11) is 1.76. The van der Waals surface area contributed by atoms with E-state index in [1.165, 1.54) is 0 Å². The Morgan fingerprint density at radius 3 is 2.27 bits per heavy atom. The smallest absolute Gasteiger partial charge is 0.132 e. The second-order valence-electron chi connectivity index (χ2n) is 2.94. The Morgan fingerprint density at radius 2 is 1.80 bits per heavy atom. The van der Waals surface area contributed by atoms with Crippen molar-refractivity contribution >= 4 is 17.0 Å². The van der Waals surface area contributed by atoms with Gasteiger partial charge < -0.3 is 14.9 Å². The average Bonchev–Trinajstić information content (AvgIpc) is 2.20. The Morgan fingerprint density at radius 1 is 1.20 bits per heavy atom. The van der Waals surface area contributed by atoms with Gasteiger partial charge in [0.05, 0.1) is 26.4 Å². The van der Waals surface area contributed by atoms with E-state index in [1.54, 1.807) is 12.1 Å². The van der Waals surface area contributed by atoms with Crippen LogP contribution in [-0.2, 0) is 9.57 Å². The van der Waals surface area contributed by atoms with Crippen molar-refractivity contribution in [2.75, 3.05) is 33.5 Å². The van der Waals surface area contributed by atoms with Crippen LogP contribution in [0, 0.1) is 0 Å². The number of aliphatic hydroxyl groups excluding tert-OH is 2. The van der Waals surface area contributed by atoms with Crippen molar-refractivity contribution in [2.24, 2.45) is 0 Å². The lowest BCUT2D eigenvalue weighted by molar-refractivity contribution is -0.244. The zero-order valence-electron chi connectivity index (χ0n) is 9.39. The highest BCUT2D eigenvalue weighted by Gasteiger charge is 2.14. The maximum atomic E-state index is 8.62. The van der Waals surface area contributed by atoms with Gasteiger partial charge >= 0.3 is 0 Å². The fraction of sp³-hybridized carbons (Fsp3) is 1.00. The van der Waals surface area contributed by atoms with Gasteiger partial charge in [0, 0.05) is 7.05 Å². The topological polar surface area (TPSA) is 62.2 Å². The van der Waals surface area contributed by atoms with Crippen molar-refractivity contribution in [1.82, 2.24) is 5.06 Å². The number of hydrogen-bond acceptors (Lipinski definition) is 5. The van der Waals surface area contributed by atoms with Crippen LogP contribution in [0.3, 0.4) is 0 Å². The lowest BCUT2D eigenvalue weighted by Gasteiger charge is -2.26. The SMILES string of the molecule is Br.CCCC(OCCO)N(C)OCCO. The van der Waals surface area contributed by atoms with Crippen LogP contribution in [0.4, 0.5) is 0 Å². The predicted molar refractivity (Wildman–Crippen MR) is 62.9 cm³/mol. The van der Waals surface area contributed by atoms with Gasteiger partial charge in [-0.05, 0) is 6.42 Å². The largest absolute Gasteiger partial charge is 0.394 e. The van der Waals surface area contributed by atoms with E-state index in [0.29, 0.717) is 6.61 Å². The second-order valence-corrected chi connectivity index (χ2v) is 2.94. The van der Waals surface area contributed by atoms with E-state index >= 15 is 0 Å². The highest BCUT2D eigenvalue weighted by molar-refractivity contribution is 8.93. The molecular formula is C9H22BrNO4. The molecule has 0 fully saturated rings. The Balaban J connectivity index is 0. The second kappa shape index (κ2) is 12.4. The van der Waals surface area contributed by atoms with Crippen molar-refractivity contribution in [1.29, 1.82) is 0 Å². The Labute approximate surface area is 102 Å². The molecule has 1 unspecified atom stereocenters. The summed E-state index contributed by atoms with van der Waals surface area (Å²) in [6, 6.07) is 0. The minimum atomic E-state index is -0.154. The number of rotatable bonds is 9. The zero-order valence-corrected chi connectivity index (χ0v) is 11.1. The molecule has 6 heteroatoms. The molecule has 0 spiro atoms. The fourth-order valence-corrected chi connectivity index (χ4v) is 1.07. The van der Waals surface area contributed by atoms with Crippen LogP contribution in [-0.4, -0.2) is 55.0 Å². The monoisotopic (exact) mass is 287 g/mol. The first-order valence-electron chi connectivity index (χ1n) is 4.95. The fourth-order valence-electron chi connectivity index (χ4n) is 1.07. The highest BCUT2D eigenvalue weighted by atomic mass is 79.9. The van der Waals surface area contributed by atoms with Gasteiger partial charge in [0.25, 0.3) is 0 Å². The Bertz CT molecular complexity index is 129. The average molecular weight is 288 g/mol. The van der Waals surface area contributed by atoms with Crippen LogP contribution in [0.5, 0.6) is 0 Å². The van der Waals surface area contributed by atoms with E-state index in [9.17, 15) is 0 Å². The molecule has 0 aliphatic carbocycles. The van der Waals surface area contributed by atoms with Crippen LogP contribution in [0.1, 0.15) is 19.8 Å². The number of nitrogens with zero attached hydrogens (tertiary/aromatic N) is 1. The molecule has 0 saturated heterocycles. The van der Waals surface area contributed by atoms with Crippen LogP contribution in [0.15, 0.2) is 0 Å². The van der Waals surface area contributed by atoms with Crippen molar-refractivity contribution in [2.45, 2.75) is 26.0 Å². The minimum absolute atomic E-state index is 0. The lowest BCUT2D eigenvalue weighted by atomic mass is 10.3. The molecule has 5 nitrogen and oxygen atoms in total. The van der Waals surface area contributed by atoms with Crippen LogP contribution in [0.25, 0.3) is 0 Å². The molecule has 0 heterocycles. The Hall–Kier alpha value is 0.280. The molecule has 2 N–H and O–H groups in total. The van der Waals surface area contributed by atoms with Gasteiger partial charge in [-0.15, -0.1) is 17.0 Å². The summed E-state index contributed by atoms with van der Waals surface area (Å²) < 4.78 is 5.36. The molecule has 0 rings (SSSR count). The third kappa shape index (κ3) is 9.22. The normalized spacial score (nSPS) is 12.6. The summed E-state index contributed by atoms with van der Waals surface area (Å²) in [4.78, 5) is 5.18. The summed E-state index contributed by atoms with van der Waals surface area (Å²) in [5.74, 6) is 0. The quantitative estimate of drug-likeness (QED) is 0.479. The van der Waals surface area contributed by atoms with E-state index in [0.717, 1.165) is 12.8 Å². The van der Waals surface area contributed by atoms with E-state index in [4.69, 9.17) is 19.8 Å². The summed E-state index contributed by atoms with van der Waals surface area (Å²) in [5.41, 5.74) is 0. The van der Waals surface area contributed by atoms with E-state index in [-0.39, 0.29) is 43.0 Å². The van der Waals surface area contributed by atoms with Crippen molar-refractivity contribution in [3.63, 3.8) is 0 Å². The summed E-state index contributed by atoms with van der Waals surface area (Å²) in [6.07, 6.45) is 1.66. The molecule has 0 aromatic rings. The van der Waals surface area contributed by atoms with E-state index < -0.39 is 0 Å². The molecule has 0 amide bonds. The maximum Gasteiger partial charge on any atom is 0.132 e. The standard InChI is InChI=1S/C9H21NO4.BrH/c1-3-4-9(13-7-5-11)10(2)14-8-6-12;/h9,11-12H,3-8H2,1-2H3;1H. The number of aliphatic hydroxyl groups is 2. The number of hydroxylamine groups is 2. The highest BCUT2D eigenvalue weighted by Crippen LogP contribution is 2.06. The number of halogens is 1. The molecule has 0 aromatic heterocycles. The molecule has 0 aliphatic heterocycles. The van der Waals surface area contributed by atoms with Crippen molar-refractivity contribution < 1.29 is 19.8 Å². The molecule has 0 radical (unpaired) electrons. The zero-order chi connectivity index (χ0) is 10.8. The van der Waals surface area contributed by atoms with Crippen molar-refractivity contribution in [3.05, 3.63) is 0 Å². The summed E-state index contributed by atoms with van der Waals surface area (Å²) in [5, 5.41) is 18.8. The number of ether oxygens (including phenoxy) is 1. The molecule has 0 saturated carbocycles. The molecule has 1 atom stereocenters. The van der Waals surface area contributed by atoms with Crippen LogP contribution >= 0.6 is 17.0 Å². The third-order valence-electron chi connectivity index (χ3n) is 1.73. The van der Waals surface area contributed by atoms with E-state index in [2.05, 4.69) is 6.92 Å². The molecule has 0 aliphatic rings. The number of hydrogen-bond donors (Lipinski definition) is 2. The van der Waals surface area contributed by atoms with Gasteiger partial charge in [-0.1, -0.05) is 13.3 Å². The van der Waals surface area contributed by atoms with E-state index in [1.807, 2.05) is 0 Å². The van der Waals surface area contributed by atoms with Gasteiger partial charge in [-0.25, -0.2) is 0 Å². The van der Waals surface area contributed by atoms with Gasteiger partial charge in [-0.2, -0.15) is 5.06 Å². The van der Waals surface area contributed by atoms with Crippen LogP contribution < -0.4 is 0 Å². The predicted octanol–water partition coefficient (Wildman–Crippen LogP) is 0.555. The van der Waals surface area contributed by atoms with Gasteiger partial charge in [0.2, 0.25) is 0 Å².